The highest BCUT2D eigenvalue weighted by molar-refractivity contribution is 5.64. The molecule has 0 aliphatic carbocycles. The van der Waals surface area contributed by atoms with Crippen LogP contribution in [0.5, 0.6) is 0 Å². The topological polar surface area (TPSA) is 21.3 Å². The average Bonchev–Trinajstić information content (AvgIpc) is 2.55. The molecule has 0 saturated carbocycles. The summed E-state index contributed by atoms with van der Waals surface area (Å²) in [5, 5.41) is 3.34. The van der Waals surface area contributed by atoms with E-state index < -0.39 is 0 Å². The van der Waals surface area contributed by atoms with Gasteiger partial charge in [0.25, 0.3) is 0 Å². The lowest BCUT2D eigenvalue weighted by Gasteiger charge is -2.14. The molecule has 0 amide bonds. The minimum absolute atomic E-state index is 0.440. The second kappa shape index (κ2) is 7.96. The molecule has 2 rings (SSSR count). The highest BCUT2D eigenvalue weighted by Crippen LogP contribution is 2.23. The quantitative estimate of drug-likeness (QED) is 0.821. The van der Waals surface area contributed by atoms with Gasteiger partial charge in [0.15, 0.2) is 0 Å². The summed E-state index contributed by atoms with van der Waals surface area (Å²) in [7, 11) is 3.76. The molecule has 0 spiro atoms. The zero-order valence-corrected chi connectivity index (χ0v) is 13.2. The van der Waals surface area contributed by atoms with Gasteiger partial charge in [-0.15, -0.1) is 0 Å². The van der Waals surface area contributed by atoms with Crippen LogP contribution in [0.3, 0.4) is 0 Å². The third-order valence-corrected chi connectivity index (χ3v) is 3.95. The monoisotopic (exact) mass is 283 g/mol. The molecule has 0 aliphatic rings. The zero-order chi connectivity index (χ0) is 15.1. The van der Waals surface area contributed by atoms with Crippen LogP contribution in [0.1, 0.15) is 30.5 Å². The van der Waals surface area contributed by atoms with Crippen molar-refractivity contribution < 1.29 is 4.74 Å². The van der Waals surface area contributed by atoms with Crippen LogP contribution in [0.4, 0.5) is 0 Å². The average molecular weight is 283 g/mol. The van der Waals surface area contributed by atoms with Crippen LogP contribution < -0.4 is 5.32 Å². The third kappa shape index (κ3) is 4.16. The van der Waals surface area contributed by atoms with E-state index in [2.05, 4.69) is 60.8 Å². The number of methoxy groups -OCH3 is 1. The lowest BCUT2D eigenvalue weighted by Crippen LogP contribution is -2.14. The van der Waals surface area contributed by atoms with Crippen LogP contribution in [0.25, 0.3) is 11.1 Å². The van der Waals surface area contributed by atoms with E-state index in [1.54, 1.807) is 7.11 Å². The molecule has 2 heteroatoms. The van der Waals surface area contributed by atoms with Gasteiger partial charge in [0.05, 0.1) is 6.61 Å². The maximum atomic E-state index is 5.11. The van der Waals surface area contributed by atoms with Gasteiger partial charge in [-0.1, -0.05) is 55.5 Å². The van der Waals surface area contributed by atoms with Crippen molar-refractivity contribution in [3.63, 3.8) is 0 Å². The van der Waals surface area contributed by atoms with Crippen molar-refractivity contribution in [3.05, 3.63) is 59.7 Å². The van der Waals surface area contributed by atoms with Crippen LogP contribution in [0.15, 0.2) is 48.5 Å². The highest BCUT2D eigenvalue weighted by Gasteiger charge is 2.06. The van der Waals surface area contributed by atoms with Crippen molar-refractivity contribution in [1.82, 2.24) is 5.32 Å². The van der Waals surface area contributed by atoms with Gasteiger partial charge in [-0.3, -0.25) is 0 Å². The molecule has 0 aromatic heterocycles. The second-order valence-corrected chi connectivity index (χ2v) is 5.31. The Balaban J connectivity index is 2.11. The smallest absolute Gasteiger partial charge is 0.0502 e. The van der Waals surface area contributed by atoms with E-state index in [0.717, 1.165) is 19.4 Å². The number of nitrogens with one attached hydrogen (secondary N) is 1. The Morgan fingerprint density at radius 2 is 1.52 bits per heavy atom. The molecule has 1 atom stereocenters. The first kappa shape index (κ1) is 15.7. The summed E-state index contributed by atoms with van der Waals surface area (Å²) >= 11 is 0. The Labute approximate surface area is 128 Å². The first-order valence-electron chi connectivity index (χ1n) is 7.64. The van der Waals surface area contributed by atoms with Crippen molar-refractivity contribution in [2.75, 3.05) is 20.8 Å². The molecule has 2 aromatic carbocycles. The maximum absolute atomic E-state index is 5.11. The van der Waals surface area contributed by atoms with Crippen molar-refractivity contribution in [3.8, 4) is 11.1 Å². The number of hydrogen-bond acceptors (Lipinski definition) is 2. The van der Waals surface area contributed by atoms with E-state index in [1.807, 2.05) is 7.05 Å². The van der Waals surface area contributed by atoms with E-state index in [-0.39, 0.29) is 0 Å². The van der Waals surface area contributed by atoms with Gasteiger partial charge in [-0.05, 0) is 42.1 Å². The van der Waals surface area contributed by atoms with Crippen LogP contribution >= 0.6 is 0 Å². The summed E-state index contributed by atoms with van der Waals surface area (Å²) < 4.78 is 5.11. The summed E-state index contributed by atoms with van der Waals surface area (Å²) in [5.41, 5.74) is 5.20. The van der Waals surface area contributed by atoms with Gasteiger partial charge < -0.3 is 10.1 Å². The van der Waals surface area contributed by atoms with Gasteiger partial charge in [0.2, 0.25) is 0 Å². The van der Waals surface area contributed by atoms with E-state index in [0.29, 0.717) is 6.04 Å². The van der Waals surface area contributed by atoms with Crippen LogP contribution in [-0.2, 0) is 11.2 Å². The predicted octanol–water partition coefficient (Wildman–Crippen LogP) is 4.21. The zero-order valence-electron chi connectivity index (χ0n) is 13.2. The molecule has 0 radical (unpaired) electrons. The molecule has 21 heavy (non-hydrogen) atoms. The number of rotatable bonds is 7. The predicted molar refractivity (Wildman–Crippen MR) is 89.5 cm³/mol. The van der Waals surface area contributed by atoms with Gasteiger partial charge in [0.1, 0.15) is 0 Å². The molecule has 0 aliphatic heterocycles. The molecule has 112 valence electrons. The van der Waals surface area contributed by atoms with Gasteiger partial charge in [-0.2, -0.15) is 0 Å². The molecule has 0 fully saturated rings. The molecule has 2 aromatic rings. The van der Waals surface area contributed by atoms with Crippen molar-refractivity contribution in [2.24, 2.45) is 0 Å². The molecule has 1 unspecified atom stereocenters. The maximum Gasteiger partial charge on any atom is 0.0502 e. The Morgan fingerprint density at radius 3 is 2.00 bits per heavy atom. The fourth-order valence-corrected chi connectivity index (χ4v) is 2.60. The normalized spacial score (nSPS) is 12.3. The summed E-state index contributed by atoms with van der Waals surface area (Å²) in [6, 6.07) is 18.0. The minimum Gasteiger partial charge on any atom is -0.384 e. The van der Waals surface area contributed by atoms with Crippen molar-refractivity contribution in [1.29, 1.82) is 0 Å². The van der Waals surface area contributed by atoms with Crippen molar-refractivity contribution in [2.45, 2.75) is 25.8 Å². The first-order chi connectivity index (χ1) is 10.3. The fraction of sp³-hybridized carbons (Fsp3) is 0.368. The number of benzene rings is 2. The Hall–Kier alpha value is -1.64. The Kier molecular flexibility index (Phi) is 5.97. The summed E-state index contributed by atoms with van der Waals surface area (Å²) in [5.74, 6) is 0. The van der Waals surface area contributed by atoms with Crippen molar-refractivity contribution >= 4 is 0 Å². The molecule has 0 saturated heterocycles. The number of ether oxygens (including phenoxy) is 1. The Morgan fingerprint density at radius 1 is 0.952 bits per heavy atom. The second-order valence-electron chi connectivity index (χ2n) is 5.31. The van der Waals surface area contributed by atoms with E-state index in [4.69, 9.17) is 4.74 Å². The van der Waals surface area contributed by atoms with Gasteiger partial charge >= 0.3 is 0 Å². The van der Waals surface area contributed by atoms with Crippen LogP contribution in [0, 0.1) is 0 Å². The lowest BCUT2D eigenvalue weighted by molar-refractivity contribution is 0.202. The first-order valence-corrected chi connectivity index (χ1v) is 7.64. The number of hydrogen-bond donors (Lipinski definition) is 1. The summed E-state index contributed by atoms with van der Waals surface area (Å²) in [6.45, 7) is 2.98. The third-order valence-electron chi connectivity index (χ3n) is 3.95. The molecular formula is C19H25NO. The van der Waals surface area contributed by atoms with Crippen LogP contribution in [-0.4, -0.2) is 20.8 Å². The van der Waals surface area contributed by atoms with Crippen LogP contribution in [0.2, 0.25) is 0 Å². The Bertz CT molecular complexity index is 526. The summed E-state index contributed by atoms with van der Waals surface area (Å²) in [4.78, 5) is 0. The largest absolute Gasteiger partial charge is 0.384 e. The standard InChI is InChI=1S/C19H25NO/c1-4-19(20-2)18-11-9-17(10-12-18)16-7-5-15(6-8-16)13-14-21-3/h5-12,19-20H,4,13-14H2,1-3H3. The minimum atomic E-state index is 0.440. The van der Waals surface area contributed by atoms with E-state index >= 15 is 0 Å². The van der Waals surface area contributed by atoms with E-state index in [1.165, 1.54) is 22.3 Å². The lowest BCUT2D eigenvalue weighted by atomic mass is 9.98. The highest BCUT2D eigenvalue weighted by atomic mass is 16.5. The molecule has 1 N–H and O–H groups in total. The molecule has 0 heterocycles. The van der Waals surface area contributed by atoms with Gasteiger partial charge in [-0.25, -0.2) is 0 Å². The van der Waals surface area contributed by atoms with Gasteiger partial charge in [0, 0.05) is 13.2 Å². The molecular weight excluding hydrogens is 258 g/mol. The summed E-state index contributed by atoms with van der Waals surface area (Å²) in [6.07, 6.45) is 2.07. The fourth-order valence-electron chi connectivity index (χ4n) is 2.60. The SMILES string of the molecule is CCC(NC)c1ccc(-c2ccc(CCOC)cc2)cc1. The molecule has 0 bridgehead atoms. The van der Waals surface area contributed by atoms with E-state index in [9.17, 15) is 0 Å². The molecule has 2 nitrogen and oxygen atoms in total.